The number of rotatable bonds is 13. The van der Waals surface area contributed by atoms with Crippen LogP contribution in [0.15, 0.2) is 84.0 Å². The highest BCUT2D eigenvalue weighted by atomic mass is 32.2. The van der Waals surface area contributed by atoms with Crippen molar-refractivity contribution >= 4 is 31.1 Å². The maximum absolute atomic E-state index is 14.5. The van der Waals surface area contributed by atoms with Crippen LogP contribution in [-0.4, -0.2) is 74.4 Å². The van der Waals surface area contributed by atoms with Crippen LogP contribution in [0.1, 0.15) is 24.0 Å². The van der Waals surface area contributed by atoms with Gasteiger partial charge in [0, 0.05) is 56.1 Å². The fourth-order valence-corrected chi connectivity index (χ4v) is 7.65. The number of halogens is 1. The number of unbranched alkanes of at least 4 members (excludes halogenated alkanes) is 1. The van der Waals surface area contributed by atoms with Gasteiger partial charge in [-0.25, -0.2) is 22.1 Å². The molecule has 1 fully saturated rings. The maximum atomic E-state index is 14.5. The third kappa shape index (κ3) is 7.05. The molecule has 0 aliphatic carbocycles. The zero-order valence-corrected chi connectivity index (χ0v) is 24.7. The number of aromatic nitrogens is 2. The molecule has 1 saturated heterocycles. The van der Waals surface area contributed by atoms with Crippen LogP contribution in [0.2, 0.25) is 0 Å². The molecule has 0 amide bonds. The van der Waals surface area contributed by atoms with Crippen LogP contribution in [0.3, 0.4) is 0 Å². The number of pyridine rings is 1. The Morgan fingerprint density at radius 3 is 2.36 bits per heavy atom. The van der Waals surface area contributed by atoms with Gasteiger partial charge in [-0.2, -0.15) is 17.1 Å². The van der Waals surface area contributed by atoms with Crippen LogP contribution >= 0.6 is 0 Å². The summed E-state index contributed by atoms with van der Waals surface area (Å²) in [5.74, 6) is -0.560. The van der Waals surface area contributed by atoms with Crippen molar-refractivity contribution in [3.63, 3.8) is 0 Å². The Morgan fingerprint density at radius 2 is 1.60 bits per heavy atom. The van der Waals surface area contributed by atoms with E-state index in [2.05, 4.69) is 9.71 Å². The number of hydrogen-bond donors (Lipinski definition) is 1. The quantitative estimate of drug-likeness (QED) is 0.181. The number of nitrogens with one attached hydrogen (secondary N) is 1. The van der Waals surface area contributed by atoms with Gasteiger partial charge >= 0.3 is 0 Å². The Kier molecular flexibility index (Phi) is 9.66. The predicted molar refractivity (Wildman–Crippen MR) is 158 cm³/mol. The van der Waals surface area contributed by atoms with E-state index in [1.54, 1.807) is 60.8 Å². The average molecular weight is 616 g/mol. The summed E-state index contributed by atoms with van der Waals surface area (Å²) in [5.41, 5.74) is 1.76. The molecule has 3 heterocycles. The van der Waals surface area contributed by atoms with Crippen LogP contribution in [0, 0.1) is 5.95 Å². The molecular weight excluding hydrogens is 581 g/mol. The lowest BCUT2D eigenvalue weighted by molar-refractivity contribution is 0.0725. The van der Waals surface area contributed by atoms with Gasteiger partial charge in [0.1, 0.15) is 0 Å². The minimum Gasteiger partial charge on any atom is -0.379 e. The number of benzene rings is 2. The van der Waals surface area contributed by atoms with Crippen LogP contribution in [-0.2, 0) is 38.1 Å². The molecule has 1 N–H and O–H groups in total. The van der Waals surface area contributed by atoms with E-state index in [4.69, 9.17) is 4.74 Å². The summed E-state index contributed by atoms with van der Waals surface area (Å²) in [4.78, 5) is 5.99. The Bertz CT molecular complexity index is 1710. The molecule has 1 aliphatic heterocycles. The zero-order chi connectivity index (χ0) is 29.6. The van der Waals surface area contributed by atoms with Crippen molar-refractivity contribution in [3.05, 3.63) is 96.2 Å². The molecule has 1 aliphatic rings. The smallest absolute Gasteiger partial charge is 0.279 e. The Hall–Kier alpha value is -3.20. The number of fused-ring (bicyclic) bond motifs is 1. The van der Waals surface area contributed by atoms with Crippen molar-refractivity contribution in [2.75, 3.05) is 39.4 Å². The van der Waals surface area contributed by atoms with Gasteiger partial charge < -0.3 is 4.74 Å². The Labute approximate surface area is 246 Å². The molecule has 0 unspecified atom stereocenters. The first kappa shape index (κ1) is 30.3. The molecule has 42 heavy (non-hydrogen) atoms. The molecule has 4 aromatic rings. The topological polar surface area (TPSA) is 114 Å². The first-order valence-corrected chi connectivity index (χ1v) is 16.7. The molecule has 2 aromatic carbocycles. The second-order valence-electron chi connectivity index (χ2n) is 10.1. The van der Waals surface area contributed by atoms with Crippen LogP contribution < -0.4 is 4.72 Å². The monoisotopic (exact) mass is 615 g/mol. The maximum Gasteiger partial charge on any atom is 0.279 e. The molecule has 2 aromatic heterocycles. The summed E-state index contributed by atoms with van der Waals surface area (Å²) in [6.45, 7) is 2.81. The van der Waals surface area contributed by atoms with Crippen molar-refractivity contribution in [1.82, 2.24) is 22.9 Å². The van der Waals surface area contributed by atoms with Gasteiger partial charge in [0.05, 0.1) is 23.6 Å². The van der Waals surface area contributed by atoms with Gasteiger partial charge in [-0.3, -0.25) is 4.90 Å². The minimum atomic E-state index is -3.84. The van der Waals surface area contributed by atoms with E-state index >= 15 is 0 Å². The second-order valence-corrected chi connectivity index (χ2v) is 13.6. The van der Waals surface area contributed by atoms with Gasteiger partial charge in [-0.15, -0.1) is 0 Å². The lowest BCUT2D eigenvalue weighted by atomic mass is 10.1. The van der Waals surface area contributed by atoms with Gasteiger partial charge in [-0.1, -0.05) is 42.5 Å². The number of hydrogen-bond acceptors (Lipinski definition) is 7. The molecule has 0 atom stereocenters. The number of nitrogens with zero attached hydrogens (tertiary/aromatic N) is 4. The van der Waals surface area contributed by atoms with Crippen molar-refractivity contribution in [2.24, 2.45) is 0 Å². The van der Waals surface area contributed by atoms with Crippen molar-refractivity contribution in [1.29, 1.82) is 0 Å². The molecule has 0 bridgehead atoms. The van der Waals surface area contributed by atoms with Crippen molar-refractivity contribution in [2.45, 2.75) is 30.8 Å². The summed E-state index contributed by atoms with van der Waals surface area (Å²) >= 11 is 0. The minimum absolute atomic E-state index is 0.186. The number of morpholine rings is 1. The summed E-state index contributed by atoms with van der Waals surface area (Å²) in [6.07, 6.45) is 4.23. The fourth-order valence-electron chi connectivity index (χ4n) is 5.02. The summed E-state index contributed by atoms with van der Waals surface area (Å²) in [5, 5.41) is 0.784. The van der Waals surface area contributed by atoms with E-state index in [0.29, 0.717) is 63.3 Å². The zero-order valence-electron chi connectivity index (χ0n) is 23.1. The second kappa shape index (κ2) is 13.4. The van der Waals surface area contributed by atoms with E-state index in [1.165, 1.54) is 14.5 Å². The van der Waals surface area contributed by atoms with Crippen LogP contribution in [0.25, 0.3) is 10.9 Å². The third-order valence-electron chi connectivity index (χ3n) is 7.18. The molecule has 0 saturated carbocycles. The molecule has 10 nitrogen and oxygen atoms in total. The molecule has 224 valence electrons. The highest BCUT2D eigenvalue weighted by molar-refractivity contribution is 7.90. The van der Waals surface area contributed by atoms with E-state index in [9.17, 15) is 21.2 Å². The van der Waals surface area contributed by atoms with E-state index < -0.39 is 26.2 Å². The molecule has 0 radical (unpaired) electrons. The predicted octanol–water partition coefficient (Wildman–Crippen LogP) is 3.36. The molecule has 0 spiro atoms. The Balaban J connectivity index is 1.33. The highest BCUT2D eigenvalue weighted by Gasteiger charge is 2.24. The molecule has 5 rings (SSSR count). The van der Waals surface area contributed by atoms with Crippen LogP contribution in [0.4, 0.5) is 4.39 Å². The first-order valence-electron chi connectivity index (χ1n) is 13.8. The van der Waals surface area contributed by atoms with Crippen molar-refractivity contribution in [3.8, 4) is 0 Å². The summed E-state index contributed by atoms with van der Waals surface area (Å²) < 4.78 is 77.3. The van der Waals surface area contributed by atoms with E-state index in [-0.39, 0.29) is 18.0 Å². The standard InChI is InChI=1S/C29H34FN5O5S2/c30-29-24(9-8-14-31-29)21-33(16-7-6-15-32-42(38,39)34-17-19-40-20-18-34)22-25-23-35(28-13-5-4-12-27(25)28)41(36,37)26-10-2-1-3-11-26/h1-5,8-14,23,32H,6-7,15-22H2. The molecule has 13 heteroatoms. The lowest BCUT2D eigenvalue weighted by Crippen LogP contribution is -2.46. The first-order chi connectivity index (χ1) is 20.3. The van der Waals surface area contributed by atoms with Crippen molar-refractivity contribution < 1.29 is 26.0 Å². The molecular formula is C29H34FN5O5S2. The van der Waals surface area contributed by atoms with Gasteiger partial charge in [0.25, 0.3) is 20.2 Å². The normalized spacial score (nSPS) is 15.0. The summed E-state index contributed by atoms with van der Waals surface area (Å²) in [6, 6.07) is 18.9. The summed E-state index contributed by atoms with van der Waals surface area (Å²) in [7, 11) is -7.42. The Morgan fingerprint density at radius 1 is 0.881 bits per heavy atom. The van der Waals surface area contributed by atoms with Gasteiger partial charge in [0.15, 0.2) is 0 Å². The number of para-hydroxylation sites is 1. The largest absolute Gasteiger partial charge is 0.379 e. The third-order valence-corrected chi connectivity index (χ3v) is 10.5. The van der Waals surface area contributed by atoms with E-state index in [1.807, 2.05) is 17.0 Å². The van der Waals surface area contributed by atoms with E-state index in [0.717, 1.165) is 10.9 Å². The fraction of sp³-hybridized carbons (Fsp3) is 0.345. The highest BCUT2D eigenvalue weighted by Crippen LogP contribution is 2.27. The number of ether oxygens (including phenoxy) is 1. The van der Waals surface area contributed by atoms with Crippen LogP contribution in [0.5, 0.6) is 0 Å². The average Bonchev–Trinajstić information content (AvgIpc) is 3.38. The van der Waals surface area contributed by atoms with Gasteiger partial charge in [0.2, 0.25) is 5.95 Å². The van der Waals surface area contributed by atoms with Gasteiger partial charge in [-0.05, 0) is 49.2 Å². The lowest BCUT2D eigenvalue weighted by Gasteiger charge is -2.26. The SMILES string of the molecule is O=S(=O)(NCCCCN(Cc1cccnc1F)Cc1cn(S(=O)(=O)c2ccccc2)c2ccccc12)N1CCOCC1.